The Balaban J connectivity index is 1.53. The van der Waals surface area contributed by atoms with Crippen LogP contribution in [-0.4, -0.2) is 51.9 Å². The van der Waals surface area contributed by atoms with Crippen LogP contribution in [0.5, 0.6) is 0 Å². The average molecular weight is 288 g/mol. The molecule has 21 heavy (non-hydrogen) atoms. The van der Waals surface area contributed by atoms with Gasteiger partial charge in [-0.2, -0.15) is 0 Å². The monoisotopic (exact) mass is 288 g/mol. The van der Waals surface area contributed by atoms with Crippen LogP contribution in [0.2, 0.25) is 0 Å². The number of aryl methyl sites for hydroxylation is 1. The fraction of sp³-hybridized carbons (Fsp3) is 0.688. The summed E-state index contributed by atoms with van der Waals surface area (Å²) in [4.78, 5) is 25.5. The Morgan fingerprint density at radius 2 is 2.00 bits per heavy atom. The van der Waals surface area contributed by atoms with Crippen molar-refractivity contribution >= 4 is 5.91 Å². The zero-order chi connectivity index (χ0) is 14.7. The summed E-state index contributed by atoms with van der Waals surface area (Å²) in [5.41, 5.74) is 1.96. The molecule has 1 aliphatic carbocycles. The first-order chi connectivity index (χ1) is 10.2. The highest BCUT2D eigenvalue weighted by Crippen LogP contribution is 2.28. The molecule has 2 fully saturated rings. The van der Waals surface area contributed by atoms with E-state index in [-0.39, 0.29) is 0 Å². The van der Waals surface area contributed by atoms with Crippen molar-refractivity contribution in [3.63, 3.8) is 0 Å². The van der Waals surface area contributed by atoms with Crippen molar-refractivity contribution in [2.45, 2.75) is 39.2 Å². The molecule has 5 nitrogen and oxygen atoms in total. The van der Waals surface area contributed by atoms with Gasteiger partial charge in [-0.05, 0) is 26.2 Å². The standard InChI is InChI=1S/C16H24N4O/c1-13-10-18-15(11-17-13)12-19-6-3-7-20(9-8-19)16(21)14-4-2-5-14/h10-11,14H,2-9,12H2,1H3. The lowest BCUT2D eigenvalue weighted by Gasteiger charge is -2.31. The van der Waals surface area contributed by atoms with Crippen LogP contribution >= 0.6 is 0 Å². The zero-order valence-corrected chi connectivity index (χ0v) is 12.8. The Bertz CT molecular complexity index is 484. The smallest absolute Gasteiger partial charge is 0.225 e. The molecule has 1 saturated heterocycles. The van der Waals surface area contributed by atoms with Crippen molar-refractivity contribution in [3.05, 3.63) is 23.8 Å². The minimum Gasteiger partial charge on any atom is -0.341 e. The molecule has 0 N–H and O–H groups in total. The van der Waals surface area contributed by atoms with Gasteiger partial charge in [0.2, 0.25) is 5.91 Å². The summed E-state index contributed by atoms with van der Waals surface area (Å²) in [5.74, 6) is 0.706. The topological polar surface area (TPSA) is 49.3 Å². The van der Waals surface area contributed by atoms with Crippen LogP contribution < -0.4 is 0 Å². The summed E-state index contributed by atoms with van der Waals surface area (Å²) in [6.07, 6.45) is 8.15. The lowest BCUT2D eigenvalue weighted by atomic mass is 9.84. The number of carbonyl (C=O) groups excluding carboxylic acids is 1. The maximum absolute atomic E-state index is 12.3. The van der Waals surface area contributed by atoms with E-state index >= 15 is 0 Å². The largest absolute Gasteiger partial charge is 0.341 e. The molecule has 1 aliphatic heterocycles. The van der Waals surface area contributed by atoms with E-state index in [1.807, 2.05) is 19.3 Å². The fourth-order valence-corrected chi connectivity index (χ4v) is 2.99. The van der Waals surface area contributed by atoms with Gasteiger partial charge < -0.3 is 4.90 Å². The molecule has 1 aromatic rings. The Morgan fingerprint density at radius 3 is 2.67 bits per heavy atom. The van der Waals surface area contributed by atoms with Gasteiger partial charge in [0, 0.05) is 51.0 Å². The highest BCUT2D eigenvalue weighted by atomic mass is 16.2. The first-order valence-electron chi connectivity index (χ1n) is 8.01. The molecule has 114 valence electrons. The Kier molecular flexibility index (Phi) is 4.48. The number of hydrogen-bond donors (Lipinski definition) is 0. The second kappa shape index (κ2) is 6.52. The third-order valence-electron chi connectivity index (χ3n) is 4.57. The minimum atomic E-state index is 0.319. The van der Waals surface area contributed by atoms with Gasteiger partial charge >= 0.3 is 0 Å². The molecule has 0 atom stereocenters. The van der Waals surface area contributed by atoms with Crippen LogP contribution in [0.15, 0.2) is 12.4 Å². The van der Waals surface area contributed by atoms with Crippen molar-refractivity contribution in [1.82, 2.24) is 19.8 Å². The summed E-state index contributed by atoms with van der Waals surface area (Å²) in [6.45, 7) is 6.52. The fourth-order valence-electron chi connectivity index (χ4n) is 2.99. The van der Waals surface area contributed by atoms with E-state index in [2.05, 4.69) is 19.8 Å². The highest BCUT2D eigenvalue weighted by molar-refractivity contribution is 5.79. The minimum absolute atomic E-state index is 0.319. The maximum atomic E-state index is 12.3. The molecular formula is C16H24N4O. The molecule has 2 heterocycles. The van der Waals surface area contributed by atoms with Gasteiger partial charge in [-0.25, -0.2) is 0 Å². The quantitative estimate of drug-likeness (QED) is 0.848. The molecule has 5 heteroatoms. The summed E-state index contributed by atoms with van der Waals surface area (Å²) in [7, 11) is 0. The van der Waals surface area contributed by atoms with E-state index in [1.54, 1.807) is 0 Å². The molecule has 1 aromatic heterocycles. The first kappa shape index (κ1) is 14.4. The van der Waals surface area contributed by atoms with Crippen LogP contribution in [0.3, 0.4) is 0 Å². The molecule has 1 amide bonds. The number of amides is 1. The summed E-state index contributed by atoms with van der Waals surface area (Å²) in [5, 5.41) is 0. The Hall–Kier alpha value is -1.49. The lowest BCUT2D eigenvalue weighted by molar-refractivity contribution is -0.138. The van der Waals surface area contributed by atoms with Gasteiger partial charge in [0.15, 0.2) is 0 Å². The third kappa shape index (κ3) is 3.59. The molecule has 0 bridgehead atoms. The SMILES string of the molecule is Cc1cnc(CN2CCCN(C(=O)C3CCC3)CC2)cn1. The molecule has 0 unspecified atom stereocenters. The maximum Gasteiger partial charge on any atom is 0.225 e. The molecule has 1 saturated carbocycles. The van der Waals surface area contributed by atoms with Crippen LogP contribution in [0.1, 0.15) is 37.1 Å². The van der Waals surface area contributed by atoms with Crippen LogP contribution in [-0.2, 0) is 11.3 Å². The van der Waals surface area contributed by atoms with Gasteiger partial charge in [-0.15, -0.1) is 0 Å². The Morgan fingerprint density at radius 1 is 1.14 bits per heavy atom. The third-order valence-corrected chi connectivity index (χ3v) is 4.57. The van der Waals surface area contributed by atoms with Gasteiger partial charge in [-0.1, -0.05) is 6.42 Å². The second-order valence-corrected chi connectivity index (χ2v) is 6.23. The van der Waals surface area contributed by atoms with Crippen LogP contribution in [0.4, 0.5) is 0 Å². The van der Waals surface area contributed by atoms with Crippen molar-refractivity contribution in [2.24, 2.45) is 5.92 Å². The molecule has 0 aromatic carbocycles. The van der Waals surface area contributed by atoms with E-state index in [0.29, 0.717) is 11.8 Å². The second-order valence-electron chi connectivity index (χ2n) is 6.23. The van der Waals surface area contributed by atoms with Crippen LogP contribution in [0.25, 0.3) is 0 Å². The molecule has 0 radical (unpaired) electrons. The van der Waals surface area contributed by atoms with Crippen molar-refractivity contribution in [1.29, 1.82) is 0 Å². The molecule has 2 aliphatic rings. The normalized spacial score (nSPS) is 20.9. The van der Waals surface area contributed by atoms with E-state index in [0.717, 1.165) is 63.4 Å². The van der Waals surface area contributed by atoms with Crippen LogP contribution in [0, 0.1) is 12.8 Å². The molecule has 0 spiro atoms. The predicted octanol–water partition coefficient (Wildman–Crippen LogP) is 1.62. The van der Waals surface area contributed by atoms with Gasteiger partial charge in [-0.3, -0.25) is 19.7 Å². The number of hydrogen-bond acceptors (Lipinski definition) is 4. The number of nitrogens with zero attached hydrogens (tertiary/aromatic N) is 4. The van der Waals surface area contributed by atoms with E-state index in [1.165, 1.54) is 6.42 Å². The van der Waals surface area contributed by atoms with E-state index < -0.39 is 0 Å². The predicted molar refractivity (Wildman–Crippen MR) is 80.6 cm³/mol. The number of rotatable bonds is 3. The molecule has 3 rings (SSSR count). The zero-order valence-electron chi connectivity index (χ0n) is 12.8. The molecular weight excluding hydrogens is 264 g/mol. The van der Waals surface area contributed by atoms with E-state index in [4.69, 9.17) is 0 Å². The highest BCUT2D eigenvalue weighted by Gasteiger charge is 2.30. The first-order valence-corrected chi connectivity index (χ1v) is 8.01. The van der Waals surface area contributed by atoms with Crippen molar-refractivity contribution in [2.75, 3.05) is 26.2 Å². The van der Waals surface area contributed by atoms with Gasteiger partial charge in [0.1, 0.15) is 0 Å². The van der Waals surface area contributed by atoms with Gasteiger partial charge in [0.25, 0.3) is 0 Å². The Labute approximate surface area is 126 Å². The lowest BCUT2D eigenvalue weighted by Crippen LogP contribution is -2.41. The van der Waals surface area contributed by atoms with Gasteiger partial charge in [0.05, 0.1) is 11.4 Å². The van der Waals surface area contributed by atoms with Crippen molar-refractivity contribution < 1.29 is 4.79 Å². The van der Waals surface area contributed by atoms with Crippen molar-refractivity contribution in [3.8, 4) is 0 Å². The summed E-state index contributed by atoms with van der Waals surface area (Å²) >= 11 is 0. The summed E-state index contributed by atoms with van der Waals surface area (Å²) in [6, 6.07) is 0. The van der Waals surface area contributed by atoms with E-state index in [9.17, 15) is 4.79 Å². The average Bonchev–Trinajstić information content (AvgIpc) is 2.65. The summed E-state index contributed by atoms with van der Waals surface area (Å²) < 4.78 is 0. The number of aromatic nitrogens is 2. The number of carbonyl (C=O) groups is 1.